The Labute approximate surface area is 215 Å². The fraction of sp³-hybridized carbons (Fsp3) is 0.367. The summed E-state index contributed by atoms with van der Waals surface area (Å²) in [4.78, 5) is 17.3. The molecule has 3 aromatic rings. The molecule has 0 spiro atoms. The van der Waals surface area contributed by atoms with Gasteiger partial charge in [0.25, 0.3) is 0 Å². The van der Waals surface area contributed by atoms with Crippen LogP contribution in [0.3, 0.4) is 0 Å². The van der Waals surface area contributed by atoms with Crippen molar-refractivity contribution in [3.63, 3.8) is 0 Å². The van der Waals surface area contributed by atoms with E-state index in [2.05, 4.69) is 4.90 Å². The first-order valence-electron chi connectivity index (χ1n) is 12.9. The molecule has 0 bridgehead atoms. The standard InChI is InChI=1S/C30H31F3N2O2/c31-23-5-3-22(4-6-23)27-2-1-15-35(29-18-25(33)9-12-28(27)29)30(36)19-34-16-13-21(14-17-34)20-37-26-10-7-24(32)8-11-26/h3-12,18,21,27H,1-2,13-17,19-20H2. The Hall–Kier alpha value is -3.32. The first kappa shape index (κ1) is 25.3. The number of fused-ring (bicyclic) bond motifs is 1. The molecule has 7 heteroatoms. The predicted molar refractivity (Wildman–Crippen MR) is 137 cm³/mol. The number of rotatable bonds is 6. The van der Waals surface area contributed by atoms with E-state index in [4.69, 9.17) is 4.74 Å². The van der Waals surface area contributed by atoms with Crippen LogP contribution in [0.4, 0.5) is 18.9 Å². The summed E-state index contributed by atoms with van der Waals surface area (Å²) in [6.45, 7) is 2.94. The minimum absolute atomic E-state index is 0.0224. The number of halogens is 3. The van der Waals surface area contributed by atoms with Crippen LogP contribution in [0.25, 0.3) is 0 Å². The summed E-state index contributed by atoms with van der Waals surface area (Å²) in [5.74, 6) is 0.0213. The van der Waals surface area contributed by atoms with Crippen LogP contribution in [-0.4, -0.2) is 43.6 Å². The zero-order chi connectivity index (χ0) is 25.8. The SMILES string of the molecule is O=C(CN1CCC(COc2ccc(F)cc2)CC1)N1CCCC(c2ccc(F)cc2)c2ccc(F)cc21. The van der Waals surface area contributed by atoms with Gasteiger partial charge in [0.05, 0.1) is 18.8 Å². The average Bonchev–Trinajstić information content (AvgIpc) is 3.09. The number of benzene rings is 3. The molecule has 0 saturated carbocycles. The second-order valence-corrected chi connectivity index (χ2v) is 9.98. The highest BCUT2D eigenvalue weighted by molar-refractivity contribution is 5.96. The van der Waals surface area contributed by atoms with Crippen molar-refractivity contribution in [3.8, 4) is 5.75 Å². The van der Waals surface area contributed by atoms with E-state index in [1.807, 2.05) is 0 Å². The lowest BCUT2D eigenvalue weighted by Crippen LogP contribution is -2.44. The molecule has 2 aliphatic heterocycles. The maximum atomic E-state index is 14.3. The second kappa shape index (κ2) is 11.4. The number of hydrogen-bond acceptors (Lipinski definition) is 3. The van der Waals surface area contributed by atoms with E-state index in [-0.39, 0.29) is 35.8 Å². The maximum Gasteiger partial charge on any atom is 0.241 e. The Morgan fingerprint density at radius 2 is 1.46 bits per heavy atom. The third-order valence-electron chi connectivity index (χ3n) is 7.47. The Morgan fingerprint density at radius 3 is 2.16 bits per heavy atom. The van der Waals surface area contributed by atoms with Gasteiger partial charge in [-0.1, -0.05) is 18.2 Å². The van der Waals surface area contributed by atoms with E-state index in [1.165, 1.54) is 36.4 Å². The molecule has 3 aromatic carbocycles. The van der Waals surface area contributed by atoms with Crippen LogP contribution in [0.15, 0.2) is 66.7 Å². The van der Waals surface area contributed by atoms with Crippen molar-refractivity contribution in [2.24, 2.45) is 5.92 Å². The van der Waals surface area contributed by atoms with Crippen LogP contribution in [0.5, 0.6) is 5.75 Å². The lowest BCUT2D eigenvalue weighted by Gasteiger charge is -2.33. The third kappa shape index (κ3) is 6.16. The summed E-state index contributed by atoms with van der Waals surface area (Å²) in [7, 11) is 0. The van der Waals surface area contributed by atoms with Crippen molar-refractivity contribution >= 4 is 11.6 Å². The highest BCUT2D eigenvalue weighted by Gasteiger charge is 2.30. The Bertz CT molecular complexity index is 1210. The quantitative estimate of drug-likeness (QED) is 0.400. The number of ether oxygens (including phenoxy) is 1. The molecule has 0 aromatic heterocycles. The molecule has 0 radical (unpaired) electrons. The molecule has 1 atom stereocenters. The molecule has 1 amide bonds. The molecule has 1 fully saturated rings. The van der Waals surface area contributed by atoms with Crippen molar-refractivity contribution < 1.29 is 22.7 Å². The highest BCUT2D eigenvalue weighted by atomic mass is 19.1. The summed E-state index contributed by atoms with van der Waals surface area (Å²) in [5, 5.41) is 0. The van der Waals surface area contributed by atoms with Gasteiger partial charge in [0, 0.05) is 12.5 Å². The molecule has 0 aliphatic carbocycles. The molecule has 5 rings (SSSR count). The van der Waals surface area contributed by atoms with Gasteiger partial charge in [-0.25, -0.2) is 13.2 Å². The zero-order valence-corrected chi connectivity index (χ0v) is 20.7. The van der Waals surface area contributed by atoms with Gasteiger partial charge in [-0.3, -0.25) is 9.69 Å². The smallest absolute Gasteiger partial charge is 0.241 e. The summed E-state index contributed by atoms with van der Waals surface area (Å²) in [6.07, 6.45) is 3.39. The highest BCUT2D eigenvalue weighted by Crippen LogP contribution is 2.39. The molecule has 1 unspecified atom stereocenters. The van der Waals surface area contributed by atoms with E-state index in [0.717, 1.165) is 49.9 Å². The molecule has 2 aliphatic rings. The first-order valence-corrected chi connectivity index (χ1v) is 12.9. The largest absolute Gasteiger partial charge is 0.493 e. The molecule has 37 heavy (non-hydrogen) atoms. The van der Waals surface area contributed by atoms with E-state index < -0.39 is 0 Å². The molecular weight excluding hydrogens is 477 g/mol. The van der Waals surface area contributed by atoms with Crippen LogP contribution in [0.2, 0.25) is 0 Å². The third-order valence-corrected chi connectivity index (χ3v) is 7.47. The van der Waals surface area contributed by atoms with Gasteiger partial charge < -0.3 is 9.64 Å². The van der Waals surface area contributed by atoms with Gasteiger partial charge in [-0.15, -0.1) is 0 Å². The fourth-order valence-electron chi connectivity index (χ4n) is 5.41. The Morgan fingerprint density at radius 1 is 0.811 bits per heavy atom. The van der Waals surface area contributed by atoms with Gasteiger partial charge >= 0.3 is 0 Å². The van der Waals surface area contributed by atoms with E-state index in [9.17, 15) is 18.0 Å². The van der Waals surface area contributed by atoms with Crippen molar-refractivity contribution in [2.45, 2.75) is 31.6 Å². The van der Waals surface area contributed by atoms with Crippen molar-refractivity contribution in [3.05, 3.63) is 95.3 Å². The Kier molecular flexibility index (Phi) is 7.79. The van der Waals surface area contributed by atoms with Gasteiger partial charge in [-0.05, 0) is 104 Å². The summed E-state index contributed by atoms with van der Waals surface area (Å²) < 4.78 is 46.7. The van der Waals surface area contributed by atoms with Crippen LogP contribution in [0.1, 0.15) is 42.7 Å². The molecule has 194 valence electrons. The van der Waals surface area contributed by atoms with Gasteiger partial charge in [0.1, 0.15) is 23.2 Å². The molecule has 2 heterocycles. The van der Waals surface area contributed by atoms with Crippen LogP contribution in [-0.2, 0) is 4.79 Å². The molecular formula is C30H31F3N2O2. The minimum atomic E-state index is -0.377. The molecule has 4 nitrogen and oxygen atoms in total. The zero-order valence-electron chi connectivity index (χ0n) is 20.7. The van der Waals surface area contributed by atoms with Crippen LogP contribution >= 0.6 is 0 Å². The molecule has 0 N–H and O–H groups in total. The van der Waals surface area contributed by atoms with E-state index in [1.54, 1.807) is 35.2 Å². The van der Waals surface area contributed by atoms with Gasteiger partial charge in [0.2, 0.25) is 5.91 Å². The normalized spacial score (nSPS) is 18.8. The fourth-order valence-corrected chi connectivity index (χ4v) is 5.41. The number of carbonyl (C=O) groups is 1. The van der Waals surface area contributed by atoms with Gasteiger partial charge in [-0.2, -0.15) is 0 Å². The number of hydrogen-bond donors (Lipinski definition) is 0. The van der Waals surface area contributed by atoms with E-state index in [0.29, 0.717) is 30.5 Å². The number of carbonyl (C=O) groups excluding carboxylic acids is 1. The van der Waals surface area contributed by atoms with E-state index >= 15 is 0 Å². The summed E-state index contributed by atoms with van der Waals surface area (Å²) >= 11 is 0. The van der Waals surface area contributed by atoms with Gasteiger partial charge in [0.15, 0.2) is 0 Å². The van der Waals surface area contributed by atoms with Crippen molar-refractivity contribution in [1.29, 1.82) is 0 Å². The summed E-state index contributed by atoms with van der Waals surface area (Å²) in [6, 6.07) is 17.1. The lowest BCUT2D eigenvalue weighted by molar-refractivity contribution is -0.120. The number of amides is 1. The average molecular weight is 509 g/mol. The first-order chi connectivity index (χ1) is 18.0. The number of piperidine rings is 1. The van der Waals surface area contributed by atoms with Crippen molar-refractivity contribution in [1.82, 2.24) is 4.90 Å². The lowest BCUT2D eigenvalue weighted by atomic mass is 9.87. The van der Waals surface area contributed by atoms with Crippen LogP contribution < -0.4 is 9.64 Å². The predicted octanol–water partition coefficient (Wildman–Crippen LogP) is 6.15. The topological polar surface area (TPSA) is 32.8 Å². The number of nitrogens with zero attached hydrogens (tertiary/aromatic N) is 2. The Balaban J connectivity index is 1.22. The summed E-state index contributed by atoms with van der Waals surface area (Å²) in [5.41, 5.74) is 2.48. The molecule has 1 saturated heterocycles. The van der Waals surface area contributed by atoms with Crippen LogP contribution in [0, 0.1) is 23.4 Å². The second-order valence-electron chi connectivity index (χ2n) is 9.98. The minimum Gasteiger partial charge on any atom is -0.493 e. The monoisotopic (exact) mass is 508 g/mol. The number of anilines is 1. The maximum absolute atomic E-state index is 14.3. The van der Waals surface area contributed by atoms with Crippen molar-refractivity contribution in [2.75, 3.05) is 37.7 Å². The number of likely N-dealkylation sites (tertiary alicyclic amines) is 1.